The molecule has 0 atom stereocenters. The molecule has 1 amide bonds. The quantitative estimate of drug-likeness (QED) is 0.672. The summed E-state index contributed by atoms with van der Waals surface area (Å²) in [6.45, 7) is 2.89. The normalized spacial score (nSPS) is 19.7. The SMILES string of the molecule is COc1ccc(N2CCN(S(=O)(=O)c3ccc4c(c3)CCCN4C(=O)C3CCC3)CC2)cc1. The maximum absolute atomic E-state index is 13.4. The van der Waals surface area contributed by atoms with Crippen LogP contribution in [0.3, 0.4) is 0 Å². The van der Waals surface area contributed by atoms with Gasteiger partial charge in [0.1, 0.15) is 5.75 Å². The fourth-order valence-electron chi connectivity index (χ4n) is 4.97. The van der Waals surface area contributed by atoms with Gasteiger partial charge in [-0.3, -0.25) is 4.79 Å². The maximum atomic E-state index is 13.4. The molecule has 0 N–H and O–H groups in total. The van der Waals surface area contributed by atoms with E-state index in [4.69, 9.17) is 4.74 Å². The summed E-state index contributed by atoms with van der Waals surface area (Å²) in [5, 5.41) is 0. The molecule has 0 unspecified atom stereocenters. The molecule has 2 fully saturated rings. The Balaban J connectivity index is 1.29. The molecule has 1 saturated carbocycles. The lowest BCUT2D eigenvalue weighted by Gasteiger charge is -2.36. The van der Waals surface area contributed by atoms with E-state index in [1.165, 1.54) is 0 Å². The number of nitrogens with zero attached hydrogens (tertiary/aromatic N) is 3. The molecule has 0 spiro atoms. The second-order valence-corrected chi connectivity index (χ2v) is 11.0. The molecule has 8 heteroatoms. The first kappa shape index (κ1) is 22.2. The molecule has 1 aliphatic carbocycles. The van der Waals surface area contributed by atoms with Gasteiger partial charge in [-0.25, -0.2) is 8.42 Å². The molecule has 176 valence electrons. The van der Waals surface area contributed by atoms with E-state index in [9.17, 15) is 13.2 Å². The van der Waals surface area contributed by atoms with E-state index in [0.717, 1.165) is 61.3 Å². The largest absolute Gasteiger partial charge is 0.497 e. The Morgan fingerprint density at radius 1 is 0.939 bits per heavy atom. The number of sulfonamides is 1. The minimum atomic E-state index is -3.58. The van der Waals surface area contributed by atoms with Crippen LogP contribution in [0.5, 0.6) is 5.75 Å². The van der Waals surface area contributed by atoms with Gasteiger partial charge in [-0.2, -0.15) is 4.31 Å². The van der Waals surface area contributed by atoms with E-state index in [0.29, 0.717) is 31.1 Å². The number of piperazine rings is 1. The number of hydrogen-bond acceptors (Lipinski definition) is 5. The second kappa shape index (κ2) is 8.99. The van der Waals surface area contributed by atoms with Crippen molar-refractivity contribution in [2.75, 3.05) is 49.6 Å². The van der Waals surface area contributed by atoms with Crippen LogP contribution >= 0.6 is 0 Å². The number of benzene rings is 2. The maximum Gasteiger partial charge on any atom is 0.243 e. The van der Waals surface area contributed by atoms with Crippen molar-refractivity contribution in [2.45, 2.75) is 37.0 Å². The van der Waals surface area contributed by atoms with Crippen molar-refractivity contribution in [1.29, 1.82) is 0 Å². The van der Waals surface area contributed by atoms with E-state index < -0.39 is 10.0 Å². The summed E-state index contributed by atoms with van der Waals surface area (Å²) >= 11 is 0. The number of aryl methyl sites for hydroxylation is 1. The van der Waals surface area contributed by atoms with Crippen LogP contribution in [-0.2, 0) is 21.2 Å². The number of methoxy groups -OCH3 is 1. The molecule has 7 nitrogen and oxygen atoms in total. The zero-order valence-corrected chi connectivity index (χ0v) is 19.9. The fourth-order valence-corrected chi connectivity index (χ4v) is 6.44. The second-order valence-electron chi connectivity index (χ2n) is 9.10. The number of hydrogen-bond donors (Lipinski definition) is 0. The Morgan fingerprint density at radius 2 is 1.67 bits per heavy atom. The van der Waals surface area contributed by atoms with Gasteiger partial charge in [-0.15, -0.1) is 0 Å². The van der Waals surface area contributed by atoms with Crippen LogP contribution in [0.25, 0.3) is 0 Å². The van der Waals surface area contributed by atoms with Crippen LogP contribution in [0.2, 0.25) is 0 Å². The van der Waals surface area contributed by atoms with Crippen LogP contribution < -0.4 is 14.5 Å². The number of carbonyl (C=O) groups is 1. The molecular formula is C25H31N3O4S. The van der Waals surface area contributed by atoms with Crippen LogP contribution in [0.15, 0.2) is 47.4 Å². The zero-order chi connectivity index (χ0) is 23.0. The van der Waals surface area contributed by atoms with Gasteiger partial charge in [0.2, 0.25) is 15.9 Å². The van der Waals surface area contributed by atoms with E-state index >= 15 is 0 Å². The molecule has 0 aromatic heterocycles. The molecular weight excluding hydrogens is 438 g/mol. The summed E-state index contributed by atoms with van der Waals surface area (Å²) in [5.41, 5.74) is 2.92. The predicted molar refractivity (Wildman–Crippen MR) is 128 cm³/mol. The van der Waals surface area contributed by atoms with Gasteiger partial charge in [-0.05, 0) is 73.7 Å². The van der Waals surface area contributed by atoms with Gasteiger partial charge in [0, 0.05) is 50.0 Å². The average Bonchev–Trinajstić information content (AvgIpc) is 2.82. The number of ether oxygens (including phenoxy) is 1. The first-order valence-corrected chi connectivity index (χ1v) is 13.2. The van der Waals surface area contributed by atoms with Crippen molar-refractivity contribution in [3.8, 4) is 5.75 Å². The van der Waals surface area contributed by atoms with Crippen LogP contribution in [0.4, 0.5) is 11.4 Å². The van der Waals surface area contributed by atoms with Crippen molar-refractivity contribution in [3.05, 3.63) is 48.0 Å². The van der Waals surface area contributed by atoms with Gasteiger partial charge >= 0.3 is 0 Å². The molecule has 5 rings (SSSR count). The summed E-state index contributed by atoms with van der Waals surface area (Å²) in [7, 11) is -1.93. The number of anilines is 2. The summed E-state index contributed by atoms with van der Waals surface area (Å²) in [6, 6.07) is 13.2. The van der Waals surface area contributed by atoms with Crippen LogP contribution in [-0.4, -0.2) is 58.5 Å². The highest BCUT2D eigenvalue weighted by Gasteiger charge is 2.34. The monoisotopic (exact) mass is 469 g/mol. The molecule has 2 aromatic rings. The Hall–Kier alpha value is -2.58. The van der Waals surface area contributed by atoms with Crippen molar-refractivity contribution in [3.63, 3.8) is 0 Å². The lowest BCUT2D eigenvalue weighted by atomic mass is 9.83. The Morgan fingerprint density at radius 3 is 2.30 bits per heavy atom. The van der Waals surface area contributed by atoms with Crippen molar-refractivity contribution < 1.29 is 17.9 Å². The Kier molecular flexibility index (Phi) is 6.05. The molecule has 2 aromatic carbocycles. The van der Waals surface area contributed by atoms with Crippen molar-refractivity contribution >= 4 is 27.3 Å². The summed E-state index contributed by atoms with van der Waals surface area (Å²) in [4.78, 5) is 17.3. The zero-order valence-electron chi connectivity index (χ0n) is 19.1. The standard InChI is InChI=1S/C25H31N3O4S/c1-32-22-9-7-21(8-10-22)26-14-16-27(17-15-26)33(30,31)23-11-12-24-20(18-23)6-3-13-28(24)25(29)19-4-2-5-19/h7-12,18-19H,2-6,13-17H2,1H3. The smallest absolute Gasteiger partial charge is 0.243 e. The van der Waals surface area contributed by atoms with Gasteiger partial charge in [0.05, 0.1) is 12.0 Å². The van der Waals surface area contributed by atoms with Gasteiger partial charge in [-0.1, -0.05) is 6.42 Å². The van der Waals surface area contributed by atoms with Crippen LogP contribution in [0, 0.1) is 5.92 Å². The highest BCUT2D eigenvalue weighted by atomic mass is 32.2. The molecule has 2 aliphatic heterocycles. The molecule has 0 radical (unpaired) electrons. The minimum absolute atomic E-state index is 0.140. The van der Waals surface area contributed by atoms with Gasteiger partial charge in [0.15, 0.2) is 0 Å². The third kappa shape index (κ3) is 4.22. The molecule has 3 aliphatic rings. The highest BCUT2D eigenvalue weighted by Crippen LogP contribution is 2.35. The lowest BCUT2D eigenvalue weighted by molar-refractivity contribution is -0.124. The van der Waals surface area contributed by atoms with Crippen molar-refractivity contribution in [1.82, 2.24) is 4.31 Å². The number of fused-ring (bicyclic) bond motifs is 1. The van der Waals surface area contributed by atoms with E-state index in [1.807, 2.05) is 35.2 Å². The molecule has 0 bridgehead atoms. The third-order valence-electron chi connectivity index (χ3n) is 7.20. The highest BCUT2D eigenvalue weighted by molar-refractivity contribution is 7.89. The minimum Gasteiger partial charge on any atom is -0.497 e. The predicted octanol–water partition coefficient (Wildman–Crippen LogP) is 3.29. The first-order chi connectivity index (χ1) is 16.0. The van der Waals surface area contributed by atoms with E-state index in [1.54, 1.807) is 23.5 Å². The first-order valence-electron chi connectivity index (χ1n) is 11.8. The molecule has 2 heterocycles. The third-order valence-corrected chi connectivity index (χ3v) is 9.10. The Bertz CT molecular complexity index is 1120. The Labute approximate surface area is 196 Å². The molecule has 33 heavy (non-hydrogen) atoms. The van der Waals surface area contributed by atoms with Gasteiger partial charge < -0.3 is 14.5 Å². The van der Waals surface area contributed by atoms with Crippen molar-refractivity contribution in [2.24, 2.45) is 5.92 Å². The topological polar surface area (TPSA) is 70.2 Å². The number of rotatable bonds is 5. The molecule has 1 saturated heterocycles. The lowest BCUT2D eigenvalue weighted by Crippen LogP contribution is -2.48. The summed E-state index contributed by atoms with van der Waals surface area (Å²) < 4.78 is 33.6. The van der Waals surface area contributed by atoms with Crippen LogP contribution in [0.1, 0.15) is 31.2 Å². The van der Waals surface area contributed by atoms with Gasteiger partial charge in [0.25, 0.3) is 0 Å². The number of amides is 1. The van der Waals surface area contributed by atoms with E-state index in [-0.39, 0.29) is 11.8 Å². The fraction of sp³-hybridized carbons (Fsp3) is 0.480. The average molecular weight is 470 g/mol. The van der Waals surface area contributed by atoms with E-state index in [2.05, 4.69) is 4.90 Å². The number of carbonyl (C=O) groups excluding carboxylic acids is 1. The summed E-state index contributed by atoms with van der Waals surface area (Å²) in [5.74, 6) is 1.15. The summed E-state index contributed by atoms with van der Waals surface area (Å²) in [6.07, 6.45) is 4.74.